The van der Waals surface area contributed by atoms with Crippen molar-refractivity contribution in [1.29, 1.82) is 0 Å². The summed E-state index contributed by atoms with van der Waals surface area (Å²) in [5, 5.41) is 4.90. The van der Waals surface area contributed by atoms with E-state index in [0.29, 0.717) is 6.42 Å². The van der Waals surface area contributed by atoms with Gasteiger partial charge in [0.15, 0.2) is 0 Å². The standard InChI is InChI=1S/C31H20N2O/c34-30-19-23(17-20-13-14-22-16-15-21-7-1-2-8-24(21)27(22)18-20)25-9-3-4-10-26(25)31-32-28-11-5-6-12-29(28)33(30)31/h1-18H,19H2/b23-17-. The summed E-state index contributed by atoms with van der Waals surface area (Å²) in [6.07, 6.45) is 2.48. The van der Waals surface area contributed by atoms with Crippen molar-refractivity contribution in [2.45, 2.75) is 6.42 Å². The molecule has 34 heavy (non-hydrogen) atoms. The summed E-state index contributed by atoms with van der Waals surface area (Å²) >= 11 is 0. The number of allylic oxidation sites excluding steroid dienone is 1. The second-order valence-corrected chi connectivity index (χ2v) is 8.81. The first-order chi connectivity index (χ1) is 16.8. The van der Waals surface area contributed by atoms with Crippen LogP contribution in [0.25, 0.3) is 55.6 Å². The van der Waals surface area contributed by atoms with Crippen molar-refractivity contribution in [3.8, 4) is 11.4 Å². The zero-order valence-electron chi connectivity index (χ0n) is 18.4. The van der Waals surface area contributed by atoms with E-state index in [-0.39, 0.29) is 5.91 Å². The minimum absolute atomic E-state index is 0.0392. The Hall–Kier alpha value is -4.50. The number of hydrogen-bond acceptors (Lipinski definition) is 2. The van der Waals surface area contributed by atoms with E-state index < -0.39 is 0 Å². The topological polar surface area (TPSA) is 34.9 Å². The third-order valence-electron chi connectivity index (χ3n) is 6.78. The molecule has 0 amide bonds. The fourth-order valence-corrected chi connectivity index (χ4v) is 5.19. The van der Waals surface area contributed by atoms with Gasteiger partial charge < -0.3 is 0 Å². The SMILES string of the molecule is O=C1C/C(=C/c2ccc3ccc4ccccc4c3c2)c2ccccc2-c2nc3ccccc3n21. The lowest BCUT2D eigenvalue weighted by atomic mass is 9.94. The fraction of sp³-hybridized carbons (Fsp3) is 0.0323. The van der Waals surface area contributed by atoms with Crippen LogP contribution in [0.2, 0.25) is 0 Å². The predicted octanol–water partition coefficient (Wildman–Crippen LogP) is 7.59. The third kappa shape index (κ3) is 2.84. The molecule has 0 N–H and O–H groups in total. The van der Waals surface area contributed by atoms with Gasteiger partial charge in [0.25, 0.3) is 0 Å². The van der Waals surface area contributed by atoms with E-state index in [0.717, 1.165) is 39.1 Å². The number of carbonyl (C=O) groups is 1. The zero-order valence-corrected chi connectivity index (χ0v) is 18.4. The molecule has 0 aliphatic carbocycles. The zero-order chi connectivity index (χ0) is 22.6. The van der Waals surface area contributed by atoms with Crippen LogP contribution in [-0.4, -0.2) is 15.5 Å². The Bertz CT molecular complexity index is 1810. The highest BCUT2D eigenvalue weighted by Gasteiger charge is 2.26. The lowest BCUT2D eigenvalue weighted by molar-refractivity contribution is 0.0927. The predicted molar refractivity (Wildman–Crippen MR) is 140 cm³/mol. The van der Waals surface area contributed by atoms with Crippen LogP contribution < -0.4 is 0 Å². The summed E-state index contributed by atoms with van der Waals surface area (Å²) in [5.74, 6) is 0.757. The molecular weight excluding hydrogens is 416 g/mol. The maximum absolute atomic E-state index is 13.5. The van der Waals surface area contributed by atoms with Crippen LogP contribution in [0.3, 0.4) is 0 Å². The Morgan fingerprint density at radius 3 is 2.32 bits per heavy atom. The molecule has 0 saturated heterocycles. The van der Waals surface area contributed by atoms with Crippen molar-refractivity contribution >= 4 is 50.1 Å². The number of hydrogen-bond donors (Lipinski definition) is 0. The molecule has 0 bridgehead atoms. The van der Waals surface area contributed by atoms with Gasteiger partial charge >= 0.3 is 0 Å². The molecule has 2 heterocycles. The van der Waals surface area contributed by atoms with Gasteiger partial charge in [0, 0.05) is 5.56 Å². The second kappa shape index (κ2) is 7.26. The van der Waals surface area contributed by atoms with Gasteiger partial charge in [-0.3, -0.25) is 9.36 Å². The third-order valence-corrected chi connectivity index (χ3v) is 6.78. The first-order valence-electron chi connectivity index (χ1n) is 11.5. The van der Waals surface area contributed by atoms with Crippen molar-refractivity contribution in [2.75, 3.05) is 0 Å². The van der Waals surface area contributed by atoms with Gasteiger partial charge in [-0.15, -0.1) is 0 Å². The number of benzene rings is 5. The van der Waals surface area contributed by atoms with Crippen LogP contribution in [0.4, 0.5) is 0 Å². The highest BCUT2D eigenvalue weighted by Crippen LogP contribution is 2.37. The van der Waals surface area contributed by atoms with Crippen molar-refractivity contribution < 1.29 is 4.79 Å². The molecule has 1 aromatic heterocycles. The molecule has 0 unspecified atom stereocenters. The Morgan fingerprint density at radius 2 is 1.41 bits per heavy atom. The summed E-state index contributed by atoms with van der Waals surface area (Å²) in [6.45, 7) is 0. The van der Waals surface area contributed by atoms with Gasteiger partial charge in [0.1, 0.15) is 5.82 Å². The largest absolute Gasteiger partial charge is 0.274 e. The molecule has 0 spiro atoms. The molecule has 0 radical (unpaired) electrons. The number of para-hydroxylation sites is 2. The highest BCUT2D eigenvalue weighted by molar-refractivity contribution is 6.09. The van der Waals surface area contributed by atoms with Crippen molar-refractivity contribution in [3.05, 3.63) is 114 Å². The molecule has 0 fully saturated rings. The van der Waals surface area contributed by atoms with E-state index in [2.05, 4.69) is 72.8 Å². The quantitative estimate of drug-likeness (QED) is 0.249. The van der Waals surface area contributed by atoms with Crippen LogP contribution in [0.5, 0.6) is 0 Å². The van der Waals surface area contributed by atoms with E-state index >= 15 is 0 Å². The van der Waals surface area contributed by atoms with Crippen LogP contribution in [0.1, 0.15) is 22.3 Å². The number of rotatable bonds is 1. The maximum atomic E-state index is 13.5. The molecule has 0 saturated carbocycles. The summed E-state index contributed by atoms with van der Waals surface area (Å²) in [6, 6.07) is 35.4. The minimum atomic E-state index is 0.0392. The Morgan fingerprint density at radius 1 is 0.706 bits per heavy atom. The van der Waals surface area contributed by atoms with Gasteiger partial charge in [-0.2, -0.15) is 0 Å². The van der Waals surface area contributed by atoms with E-state index in [1.54, 1.807) is 4.57 Å². The van der Waals surface area contributed by atoms with Crippen LogP contribution in [0, 0.1) is 0 Å². The molecule has 3 heteroatoms. The monoisotopic (exact) mass is 436 g/mol. The first kappa shape index (κ1) is 19.0. The Kier molecular flexibility index (Phi) is 4.06. The van der Waals surface area contributed by atoms with Gasteiger partial charge in [0.2, 0.25) is 5.91 Å². The van der Waals surface area contributed by atoms with Crippen LogP contribution >= 0.6 is 0 Å². The molecular formula is C31H20N2O. The highest BCUT2D eigenvalue weighted by atomic mass is 16.2. The maximum Gasteiger partial charge on any atom is 0.237 e. The molecule has 5 aromatic carbocycles. The molecule has 1 aliphatic rings. The molecule has 6 aromatic rings. The van der Waals surface area contributed by atoms with E-state index in [4.69, 9.17) is 4.98 Å². The van der Waals surface area contributed by atoms with Crippen LogP contribution in [-0.2, 0) is 0 Å². The summed E-state index contributed by atoms with van der Waals surface area (Å²) in [7, 11) is 0. The summed E-state index contributed by atoms with van der Waals surface area (Å²) in [5.41, 5.74) is 5.84. The molecule has 7 rings (SSSR count). The smallest absolute Gasteiger partial charge is 0.237 e. The lowest BCUT2D eigenvalue weighted by Crippen LogP contribution is -2.09. The average Bonchev–Trinajstić information content (AvgIpc) is 3.23. The molecule has 1 aliphatic heterocycles. The van der Waals surface area contributed by atoms with Crippen LogP contribution in [0.15, 0.2) is 103 Å². The van der Waals surface area contributed by atoms with Gasteiger partial charge in [-0.05, 0) is 56.4 Å². The average molecular weight is 437 g/mol. The number of nitrogens with zero attached hydrogens (tertiary/aromatic N) is 2. The van der Waals surface area contributed by atoms with Gasteiger partial charge in [0.05, 0.1) is 17.5 Å². The van der Waals surface area contributed by atoms with Gasteiger partial charge in [-0.1, -0.05) is 91.0 Å². The molecule has 0 atom stereocenters. The van der Waals surface area contributed by atoms with Crippen molar-refractivity contribution in [2.24, 2.45) is 0 Å². The van der Waals surface area contributed by atoms with E-state index in [1.807, 2.05) is 36.4 Å². The minimum Gasteiger partial charge on any atom is -0.274 e. The Labute approximate surface area is 196 Å². The summed E-state index contributed by atoms with van der Waals surface area (Å²) < 4.78 is 1.78. The number of fused-ring (bicyclic) bond motifs is 8. The number of carbonyl (C=O) groups excluding carboxylic acids is 1. The number of aromatic nitrogens is 2. The first-order valence-corrected chi connectivity index (χ1v) is 11.5. The molecule has 3 nitrogen and oxygen atoms in total. The molecule has 160 valence electrons. The van der Waals surface area contributed by atoms with Crippen molar-refractivity contribution in [1.82, 2.24) is 9.55 Å². The van der Waals surface area contributed by atoms with E-state index in [1.165, 1.54) is 21.5 Å². The lowest BCUT2D eigenvalue weighted by Gasteiger charge is -2.09. The summed E-state index contributed by atoms with van der Waals surface area (Å²) in [4.78, 5) is 18.4. The number of imidazole rings is 1. The fourth-order valence-electron chi connectivity index (χ4n) is 5.19. The van der Waals surface area contributed by atoms with E-state index in [9.17, 15) is 4.79 Å². The van der Waals surface area contributed by atoms with Crippen molar-refractivity contribution in [3.63, 3.8) is 0 Å². The normalized spacial score (nSPS) is 14.5. The van der Waals surface area contributed by atoms with Gasteiger partial charge in [-0.25, -0.2) is 4.98 Å². The second-order valence-electron chi connectivity index (χ2n) is 8.81. The Balaban J connectivity index is 1.44.